The van der Waals surface area contributed by atoms with Gasteiger partial charge >= 0.3 is 0 Å². The fraction of sp³-hybridized carbons (Fsp3) is 0.250. The van der Waals surface area contributed by atoms with Crippen LogP contribution < -0.4 is 16.1 Å². The van der Waals surface area contributed by atoms with E-state index in [1.165, 1.54) is 0 Å². The van der Waals surface area contributed by atoms with E-state index in [1.54, 1.807) is 6.07 Å². The number of hydrogen-bond acceptors (Lipinski definition) is 3. The van der Waals surface area contributed by atoms with Gasteiger partial charge in [-0.05, 0) is 29.7 Å². The van der Waals surface area contributed by atoms with Crippen LogP contribution in [-0.2, 0) is 0 Å². The smallest absolute Gasteiger partial charge is 0.200 e. The van der Waals surface area contributed by atoms with Crippen LogP contribution in [0, 0.1) is 5.92 Å². The molecule has 1 aromatic heterocycles. The molecule has 0 spiro atoms. The summed E-state index contributed by atoms with van der Waals surface area (Å²) >= 11 is 5.41. The monoisotopic (exact) mass is 270 g/mol. The second kappa shape index (κ2) is 4.42. The van der Waals surface area contributed by atoms with Crippen LogP contribution in [0.4, 0.5) is 0 Å². The van der Waals surface area contributed by atoms with Crippen LogP contribution in [0.2, 0.25) is 0 Å². The van der Waals surface area contributed by atoms with E-state index < -0.39 is 0 Å². The van der Waals surface area contributed by atoms with E-state index in [0.717, 1.165) is 10.4 Å². The molecular weight excluding hydrogens is 256 g/mol. The van der Waals surface area contributed by atoms with Gasteiger partial charge in [-0.3, -0.25) is 4.79 Å². The first-order valence-electron chi connectivity index (χ1n) is 6.39. The molecule has 2 nitrogen and oxygen atoms in total. The summed E-state index contributed by atoms with van der Waals surface area (Å²) in [6.45, 7) is 4.12. The van der Waals surface area contributed by atoms with Crippen molar-refractivity contribution in [2.75, 3.05) is 0 Å². The van der Waals surface area contributed by atoms with Crippen molar-refractivity contribution in [3.05, 3.63) is 45.1 Å². The highest BCUT2D eigenvalue weighted by molar-refractivity contribution is 7.81. The maximum atomic E-state index is 12.7. The van der Waals surface area contributed by atoms with E-state index in [9.17, 15) is 4.79 Å². The van der Waals surface area contributed by atoms with E-state index in [0.29, 0.717) is 28.0 Å². The Kier molecular flexibility index (Phi) is 2.86. The predicted molar refractivity (Wildman–Crippen MR) is 81.7 cm³/mol. The van der Waals surface area contributed by atoms with Crippen molar-refractivity contribution >= 4 is 39.7 Å². The van der Waals surface area contributed by atoms with Gasteiger partial charge in [0.1, 0.15) is 11.0 Å². The maximum absolute atomic E-state index is 12.7. The van der Waals surface area contributed by atoms with Crippen molar-refractivity contribution in [2.24, 2.45) is 5.92 Å². The summed E-state index contributed by atoms with van der Waals surface area (Å²) in [4.78, 5) is 13.5. The molecule has 1 aliphatic carbocycles. The summed E-state index contributed by atoms with van der Waals surface area (Å²) in [5.41, 5.74) is 2.30. The molecule has 0 bridgehead atoms. The lowest BCUT2D eigenvalue weighted by Crippen LogP contribution is -2.45. The van der Waals surface area contributed by atoms with Crippen molar-refractivity contribution in [1.29, 1.82) is 0 Å². The lowest BCUT2D eigenvalue weighted by Gasteiger charge is -2.15. The Morgan fingerprint density at radius 3 is 2.74 bits per heavy atom. The molecule has 0 saturated heterocycles. The van der Waals surface area contributed by atoms with Crippen LogP contribution in [0.5, 0.6) is 0 Å². The number of hydrogen-bond donors (Lipinski definition) is 0. The molecule has 0 unspecified atom stereocenters. The molecule has 1 aliphatic rings. The summed E-state index contributed by atoms with van der Waals surface area (Å²) in [5.74, 6) is 0.226. The van der Waals surface area contributed by atoms with Crippen LogP contribution in [0.25, 0.3) is 22.6 Å². The van der Waals surface area contributed by atoms with Crippen molar-refractivity contribution in [3.8, 4) is 0 Å². The Morgan fingerprint density at radius 2 is 2.00 bits per heavy atom. The third-order valence-electron chi connectivity index (χ3n) is 3.45. The normalized spacial score (nSPS) is 14.7. The van der Waals surface area contributed by atoms with Crippen LogP contribution >= 0.6 is 12.2 Å². The molecule has 0 fully saturated rings. The number of thiocarbonyl (C=S) groups is 1. The Morgan fingerprint density at radius 1 is 1.26 bits per heavy atom. The largest absolute Gasteiger partial charge is 0.456 e. The molecule has 0 atom stereocenters. The van der Waals surface area contributed by atoms with Gasteiger partial charge in [0.05, 0.1) is 10.6 Å². The number of rotatable bonds is 1. The third-order valence-corrected chi connectivity index (χ3v) is 3.83. The molecule has 0 amide bonds. The third kappa shape index (κ3) is 1.85. The molecule has 19 heavy (non-hydrogen) atoms. The fourth-order valence-electron chi connectivity index (χ4n) is 2.60. The highest BCUT2D eigenvalue weighted by atomic mass is 32.1. The van der Waals surface area contributed by atoms with Crippen LogP contribution in [0.1, 0.15) is 20.3 Å². The SMILES string of the molecule is CC(C)C1=c2c(oc3ccccc3c2=O)=CCC1=S. The minimum Gasteiger partial charge on any atom is -0.456 e. The van der Waals surface area contributed by atoms with E-state index in [2.05, 4.69) is 13.8 Å². The first-order valence-corrected chi connectivity index (χ1v) is 6.80. The molecule has 3 heteroatoms. The Labute approximate surface area is 116 Å². The number of benzene rings is 1. The highest BCUT2D eigenvalue weighted by Gasteiger charge is 2.18. The van der Waals surface area contributed by atoms with E-state index in [1.807, 2.05) is 24.3 Å². The maximum Gasteiger partial charge on any atom is 0.200 e. The van der Waals surface area contributed by atoms with Crippen molar-refractivity contribution < 1.29 is 4.42 Å². The van der Waals surface area contributed by atoms with E-state index >= 15 is 0 Å². The minimum atomic E-state index is 0.0267. The Balaban J connectivity index is 2.63. The number of fused-ring (bicyclic) bond motifs is 2. The molecule has 1 aromatic carbocycles. The highest BCUT2D eigenvalue weighted by Crippen LogP contribution is 2.16. The second-order valence-electron chi connectivity index (χ2n) is 5.07. The van der Waals surface area contributed by atoms with Gasteiger partial charge < -0.3 is 4.42 Å². The topological polar surface area (TPSA) is 30.2 Å². The quantitative estimate of drug-likeness (QED) is 0.744. The summed E-state index contributed by atoms with van der Waals surface area (Å²) < 4.78 is 5.86. The lowest BCUT2D eigenvalue weighted by atomic mass is 9.92. The van der Waals surface area contributed by atoms with Gasteiger partial charge in [-0.2, -0.15) is 0 Å². The molecule has 96 valence electrons. The van der Waals surface area contributed by atoms with Gasteiger partial charge in [0.2, 0.25) is 5.43 Å². The van der Waals surface area contributed by atoms with Gasteiger partial charge in [-0.15, -0.1) is 0 Å². The zero-order chi connectivity index (χ0) is 13.6. The first kappa shape index (κ1) is 12.3. The Hall–Kier alpha value is -1.74. The summed E-state index contributed by atoms with van der Waals surface area (Å²) in [6.07, 6.45) is 2.59. The van der Waals surface area contributed by atoms with Gasteiger partial charge in [-0.1, -0.05) is 38.2 Å². The molecule has 2 aromatic rings. The average Bonchev–Trinajstić information content (AvgIpc) is 2.39. The average molecular weight is 270 g/mol. The van der Waals surface area contributed by atoms with Gasteiger partial charge in [0.25, 0.3) is 0 Å². The molecule has 0 radical (unpaired) electrons. The standard InChI is InChI=1S/C16H14O2S/c1-9(2)14-13(19)8-7-12-15(14)16(17)10-5-3-4-6-11(10)18-12/h3-7,9H,8H2,1-2H3. The summed E-state index contributed by atoms with van der Waals surface area (Å²) in [7, 11) is 0. The molecule has 0 saturated carbocycles. The predicted octanol–water partition coefficient (Wildman–Crippen LogP) is 2.15. The molecule has 0 N–H and O–H groups in total. The molecule has 1 heterocycles. The van der Waals surface area contributed by atoms with E-state index in [-0.39, 0.29) is 11.3 Å². The van der Waals surface area contributed by atoms with Crippen molar-refractivity contribution in [1.82, 2.24) is 0 Å². The van der Waals surface area contributed by atoms with Crippen LogP contribution in [0.15, 0.2) is 33.5 Å². The molecule has 3 rings (SSSR count). The van der Waals surface area contributed by atoms with Gasteiger partial charge in [0, 0.05) is 11.3 Å². The second-order valence-corrected chi connectivity index (χ2v) is 5.56. The summed E-state index contributed by atoms with van der Waals surface area (Å²) in [6, 6.07) is 7.35. The lowest BCUT2D eigenvalue weighted by molar-refractivity contribution is 0.555. The summed E-state index contributed by atoms with van der Waals surface area (Å²) in [5, 5.41) is 1.28. The zero-order valence-electron chi connectivity index (χ0n) is 10.9. The van der Waals surface area contributed by atoms with Crippen molar-refractivity contribution in [3.63, 3.8) is 0 Å². The molecule has 0 aliphatic heterocycles. The van der Waals surface area contributed by atoms with Crippen LogP contribution in [-0.4, -0.2) is 4.86 Å². The van der Waals surface area contributed by atoms with Gasteiger partial charge in [0.15, 0.2) is 0 Å². The van der Waals surface area contributed by atoms with Gasteiger partial charge in [-0.25, -0.2) is 0 Å². The minimum absolute atomic E-state index is 0.0267. The number of para-hydroxylation sites is 1. The Bertz CT molecular complexity index is 856. The van der Waals surface area contributed by atoms with Crippen LogP contribution in [0.3, 0.4) is 0 Å². The van der Waals surface area contributed by atoms with Crippen molar-refractivity contribution in [2.45, 2.75) is 20.3 Å². The first-order chi connectivity index (χ1) is 9.09. The molecular formula is C16H14O2S. The fourth-order valence-corrected chi connectivity index (χ4v) is 3.02. The van der Waals surface area contributed by atoms with E-state index in [4.69, 9.17) is 16.6 Å². The zero-order valence-corrected chi connectivity index (χ0v) is 11.7.